The highest BCUT2D eigenvalue weighted by atomic mass is 16.1. The van der Waals surface area contributed by atoms with E-state index in [1.54, 1.807) is 6.92 Å². The Morgan fingerprint density at radius 3 is 2.15 bits per heavy atom. The molecule has 1 amide bonds. The van der Waals surface area contributed by atoms with Crippen LogP contribution < -0.4 is 5.32 Å². The maximum absolute atomic E-state index is 11.1. The Morgan fingerprint density at radius 2 is 1.69 bits per heavy atom. The third-order valence-electron chi connectivity index (χ3n) is 1.63. The molecule has 0 aliphatic heterocycles. The van der Waals surface area contributed by atoms with Crippen molar-refractivity contribution in [3.8, 4) is 0 Å². The standard InChI is InChI=1S/C10H19NO2/c1-8(2)11-10(13)7-5-4-6-9(3)12/h8H,4-7H2,1-3H3,(H,11,13). The lowest BCUT2D eigenvalue weighted by atomic mass is 10.1. The summed E-state index contributed by atoms with van der Waals surface area (Å²) in [6, 6.07) is 0.209. The molecule has 0 bridgehead atoms. The van der Waals surface area contributed by atoms with E-state index < -0.39 is 0 Å². The van der Waals surface area contributed by atoms with Gasteiger partial charge in [0.1, 0.15) is 5.78 Å². The predicted molar refractivity (Wildman–Crippen MR) is 52.4 cm³/mol. The first kappa shape index (κ1) is 12.1. The number of Topliss-reactive ketones (excluding diaryl/α,β-unsaturated/α-hetero) is 1. The van der Waals surface area contributed by atoms with Crippen molar-refractivity contribution in [2.75, 3.05) is 0 Å². The van der Waals surface area contributed by atoms with Crippen molar-refractivity contribution in [1.29, 1.82) is 0 Å². The molecule has 0 saturated heterocycles. The largest absolute Gasteiger partial charge is 0.354 e. The molecule has 0 aromatic rings. The Labute approximate surface area is 79.9 Å². The predicted octanol–water partition coefficient (Wildman–Crippen LogP) is 1.66. The van der Waals surface area contributed by atoms with Gasteiger partial charge in [-0.05, 0) is 33.6 Å². The number of nitrogens with one attached hydrogen (secondary N) is 1. The molecule has 0 aromatic carbocycles. The van der Waals surface area contributed by atoms with E-state index >= 15 is 0 Å². The van der Waals surface area contributed by atoms with Gasteiger partial charge in [0.2, 0.25) is 5.91 Å². The van der Waals surface area contributed by atoms with Crippen LogP contribution in [0.2, 0.25) is 0 Å². The number of carbonyl (C=O) groups is 2. The quantitative estimate of drug-likeness (QED) is 0.640. The van der Waals surface area contributed by atoms with E-state index in [4.69, 9.17) is 0 Å². The zero-order valence-electron chi connectivity index (χ0n) is 8.72. The van der Waals surface area contributed by atoms with Gasteiger partial charge in [0.05, 0.1) is 0 Å². The topological polar surface area (TPSA) is 46.2 Å². The Morgan fingerprint density at radius 1 is 1.15 bits per heavy atom. The van der Waals surface area contributed by atoms with Crippen molar-refractivity contribution in [3.05, 3.63) is 0 Å². The highest BCUT2D eigenvalue weighted by Gasteiger charge is 2.02. The van der Waals surface area contributed by atoms with Crippen LogP contribution in [0.1, 0.15) is 46.5 Å². The van der Waals surface area contributed by atoms with Crippen molar-refractivity contribution < 1.29 is 9.59 Å². The van der Waals surface area contributed by atoms with E-state index in [0.717, 1.165) is 12.8 Å². The van der Waals surface area contributed by atoms with E-state index in [0.29, 0.717) is 12.8 Å². The molecule has 0 fully saturated rings. The van der Waals surface area contributed by atoms with Crippen LogP contribution in [-0.4, -0.2) is 17.7 Å². The third-order valence-corrected chi connectivity index (χ3v) is 1.63. The molecular weight excluding hydrogens is 166 g/mol. The molecular formula is C10H19NO2. The Hall–Kier alpha value is -0.860. The van der Waals surface area contributed by atoms with Crippen molar-refractivity contribution in [3.63, 3.8) is 0 Å². The number of ketones is 1. The summed E-state index contributed by atoms with van der Waals surface area (Å²) in [5.41, 5.74) is 0. The van der Waals surface area contributed by atoms with Crippen LogP contribution in [0.25, 0.3) is 0 Å². The number of hydrogen-bond donors (Lipinski definition) is 1. The lowest BCUT2D eigenvalue weighted by Crippen LogP contribution is -2.29. The van der Waals surface area contributed by atoms with E-state index in [9.17, 15) is 9.59 Å². The Balaban J connectivity index is 3.32. The number of unbranched alkanes of at least 4 members (excludes halogenated alkanes) is 1. The number of amides is 1. The minimum absolute atomic E-state index is 0.0820. The molecule has 13 heavy (non-hydrogen) atoms. The molecule has 0 spiro atoms. The highest BCUT2D eigenvalue weighted by Crippen LogP contribution is 2.00. The van der Waals surface area contributed by atoms with E-state index in [1.165, 1.54) is 0 Å². The number of rotatable bonds is 6. The summed E-state index contributed by atoms with van der Waals surface area (Å²) in [7, 11) is 0. The van der Waals surface area contributed by atoms with Crippen molar-refractivity contribution in [2.45, 2.75) is 52.5 Å². The molecule has 0 atom stereocenters. The van der Waals surface area contributed by atoms with Gasteiger partial charge in [-0.3, -0.25) is 4.79 Å². The van der Waals surface area contributed by atoms with Gasteiger partial charge in [-0.2, -0.15) is 0 Å². The van der Waals surface area contributed by atoms with E-state index in [1.807, 2.05) is 13.8 Å². The van der Waals surface area contributed by atoms with Gasteiger partial charge in [-0.25, -0.2) is 0 Å². The maximum Gasteiger partial charge on any atom is 0.220 e. The van der Waals surface area contributed by atoms with Gasteiger partial charge >= 0.3 is 0 Å². The molecule has 0 radical (unpaired) electrons. The first-order valence-electron chi connectivity index (χ1n) is 4.81. The lowest BCUT2D eigenvalue weighted by molar-refractivity contribution is -0.122. The second kappa shape index (κ2) is 6.63. The van der Waals surface area contributed by atoms with Gasteiger partial charge in [-0.15, -0.1) is 0 Å². The summed E-state index contributed by atoms with van der Waals surface area (Å²) in [4.78, 5) is 21.7. The molecule has 76 valence electrons. The first-order chi connectivity index (χ1) is 6.02. The summed E-state index contributed by atoms with van der Waals surface area (Å²) in [6.45, 7) is 5.45. The number of hydrogen-bond acceptors (Lipinski definition) is 2. The summed E-state index contributed by atoms with van der Waals surface area (Å²) >= 11 is 0. The monoisotopic (exact) mass is 185 g/mol. The minimum Gasteiger partial charge on any atom is -0.354 e. The SMILES string of the molecule is CC(=O)CCCCC(=O)NC(C)C. The smallest absolute Gasteiger partial charge is 0.220 e. The van der Waals surface area contributed by atoms with Crippen molar-refractivity contribution in [2.24, 2.45) is 0 Å². The molecule has 0 aliphatic rings. The van der Waals surface area contributed by atoms with Crippen LogP contribution in [0.15, 0.2) is 0 Å². The van der Waals surface area contributed by atoms with Crippen LogP contribution in [0.5, 0.6) is 0 Å². The highest BCUT2D eigenvalue weighted by molar-refractivity contribution is 5.76. The van der Waals surface area contributed by atoms with Gasteiger partial charge in [-0.1, -0.05) is 0 Å². The van der Waals surface area contributed by atoms with Crippen LogP contribution >= 0.6 is 0 Å². The van der Waals surface area contributed by atoms with Crippen molar-refractivity contribution in [1.82, 2.24) is 5.32 Å². The Kier molecular flexibility index (Phi) is 6.20. The Bertz CT molecular complexity index is 176. The average molecular weight is 185 g/mol. The molecule has 3 nitrogen and oxygen atoms in total. The summed E-state index contributed by atoms with van der Waals surface area (Å²) < 4.78 is 0. The molecule has 1 N–H and O–H groups in total. The van der Waals surface area contributed by atoms with E-state index in [2.05, 4.69) is 5.32 Å². The third kappa shape index (κ3) is 9.05. The second-order valence-corrected chi connectivity index (χ2v) is 3.63. The second-order valence-electron chi connectivity index (χ2n) is 3.63. The summed E-state index contributed by atoms with van der Waals surface area (Å²) in [5.74, 6) is 0.280. The summed E-state index contributed by atoms with van der Waals surface area (Å²) in [6.07, 6.45) is 2.75. The molecule has 0 rings (SSSR count). The molecule has 0 heterocycles. The van der Waals surface area contributed by atoms with Crippen LogP contribution in [0.3, 0.4) is 0 Å². The van der Waals surface area contributed by atoms with Crippen LogP contribution in [-0.2, 0) is 9.59 Å². The summed E-state index contributed by atoms with van der Waals surface area (Å²) in [5, 5.41) is 2.81. The van der Waals surface area contributed by atoms with Crippen LogP contribution in [0, 0.1) is 0 Å². The van der Waals surface area contributed by atoms with Gasteiger partial charge in [0.15, 0.2) is 0 Å². The molecule has 0 aromatic heterocycles. The molecule has 0 aliphatic carbocycles. The zero-order chi connectivity index (χ0) is 10.3. The van der Waals surface area contributed by atoms with Crippen molar-refractivity contribution >= 4 is 11.7 Å². The zero-order valence-corrected chi connectivity index (χ0v) is 8.72. The fourth-order valence-corrected chi connectivity index (χ4v) is 1.05. The fourth-order valence-electron chi connectivity index (χ4n) is 1.05. The molecule has 0 saturated carbocycles. The van der Waals surface area contributed by atoms with Gasteiger partial charge in [0, 0.05) is 18.9 Å². The lowest BCUT2D eigenvalue weighted by Gasteiger charge is -2.07. The van der Waals surface area contributed by atoms with Gasteiger partial charge in [0.25, 0.3) is 0 Å². The van der Waals surface area contributed by atoms with Crippen LogP contribution in [0.4, 0.5) is 0 Å². The first-order valence-corrected chi connectivity index (χ1v) is 4.81. The number of carbonyl (C=O) groups excluding carboxylic acids is 2. The maximum atomic E-state index is 11.1. The fraction of sp³-hybridized carbons (Fsp3) is 0.800. The van der Waals surface area contributed by atoms with Gasteiger partial charge < -0.3 is 10.1 Å². The molecule has 3 heteroatoms. The minimum atomic E-state index is 0.0820. The normalized spacial score (nSPS) is 10.2. The average Bonchev–Trinajstić information content (AvgIpc) is 1.96. The molecule has 0 unspecified atom stereocenters. The van der Waals surface area contributed by atoms with E-state index in [-0.39, 0.29) is 17.7 Å².